The van der Waals surface area contributed by atoms with Gasteiger partial charge in [-0.05, 0) is 39.8 Å². The lowest BCUT2D eigenvalue weighted by atomic mass is 10.1. The van der Waals surface area contributed by atoms with Crippen molar-refractivity contribution >= 4 is 40.0 Å². The summed E-state index contributed by atoms with van der Waals surface area (Å²) >= 11 is 2.69. The van der Waals surface area contributed by atoms with Crippen LogP contribution >= 0.6 is 23.1 Å². The molecule has 0 aliphatic rings. The van der Waals surface area contributed by atoms with Crippen LogP contribution in [-0.2, 0) is 11.3 Å². The minimum absolute atomic E-state index is 0.168. The second kappa shape index (κ2) is 11.5. The summed E-state index contributed by atoms with van der Waals surface area (Å²) in [6.45, 7) is 8.46. The number of nitrogens with zero attached hydrogens (tertiary/aromatic N) is 4. The molecule has 4 aromatic rings. The maximum atomic E-state index is 12.7. The molecule has 36 heavy (non-hydrogen) atoms. The average Bonchev–Trinajstić information content (AvgIpc) is 3.50. The van der Waals surface area contributed by atoms with Gasteiger partial charge in [-0.25, -0.2) is 4.98 Å². The fraction of sp³-hybridized carbons (Fsp3) is 0.269. The van der Waals surface area contributed by atoms with Crippen LogP contribution in [0.3, 0.4) is 0 Å². The van der Waals surface area contributed by atoms with E-state index in [-0.39, 0.29) is 23.6 Å². The quantitative estimate of drug-likeness (QED) is 0.292. The van der Waals surface area contributed by atoms with Gasteiger partial charge in [0.25, 0.3) is 5.91 Å². The zero-order valence-electron chi connectivity index (χ0n) is 20.6. The number of anilines is 1. The van der Waals surface area contributed by atoms with Gasteiger partial charge in [-0.1, -0.05) is 59.3 Å². The lowest BCUT2D eigenvalue weighted by Crippen LogP contribution is -2.28. The molecule has 2 aromatic carbocycles. The van der Waals surface area contributed by atoms with E-state index in [1.165, 1.54) is 28.7 Å². The Labute approximate surface area is 218 Å². The Balaban J connectivity index is 1.35. The first kappa shape index (κ1) is 25.6. The topological polar surface area (TPSA) is 102 Å². The summed E-state index contributed by atoms with van der Waals surface area (Å²) < 4.78 is 1.91. The van der Waals surface area contributed by atoms with Gasteiger partial charge in [0.1, 0.15) is 0 Å². The van der Waals surface area contributed by atoms with E-state index in [4.69, 9.17) is 0 Å². The number of thioether (sulfide) groups is 1. The largest absolute Gasteiger partial charge is 0.342 e. The summed E-state index contributed by atoms with van der Waals surface area (Å²) in [4.78, 5) is 29.7. The number of aryl methyl sites for hydroxylation is 2. The van der Waals surface area contributed by atoms with Crippen LogP contribution in [0.4, 0.5) is 5.13 Å². The highest BCUT2D eigenvalue weighted by molar-refractivity contribution is 7.99. The molecule has 0 saturated heterocycles. The van der Waals surface area contributed by atoms with E-state index in [2.05, 4.69) is 25.8 Å². The number of rotatable bonds is 9. The van der Waals surface area contributed by atoms with Crippen LogP contribution in [0.15, 0.2) is 59.1 Å². The zero-order valence-corrected chi connectivity index (χ0v) is 22.2. The molecule has 0 bridgehead atoms. The molecule has 2 amide bonds. The number of amides is 2. The molecule has 0 saturated carbocycles. The van der Waals surface area contributed by atoms with Crippen molar-refractivity contribution in [1.82, 2.24) is 25.1 Å². The fourth-order valence-corrected chi connectivity index (χ4v) is 5.17. The van der Waals surface area contributed by atoms with Crippen LogP contribution in [0, 0.1) is 13.8 Å². The molecule has 2 heterocycles. The maximum absolute atomic E-state index is 12.7. The first-order valence-corrected chi connectivity index (χ1v) is 13.5. The van der Waals surface area contributed by atoms with Crippen LogP contribution in [0.5, 0.6) is 0 Å². The molecule has 0 radical (unpaired) electrons. The zero-order chi connectivity index (χ0) is 25.7. The van der Waals surface area contributed by atoms with Crippen LogP contribution < -0.4 is 10.6 Å². The molecule has 186 valence electrons. The summed E-state index contributed by atoms with van der Waals surface area (Å²) in [6, 6.07) is 15.2. The summed E-state index contributed by atoms with van der Waals surface area (Å²) in [7, 11) is 0. The van der Waals surface area contributed by atoms with Gasteiger partial charge < -0.3 is 15.2 Å². The van der Waals surface area contributed by atoms with Crippen molar-refractivity contribution in [3.8, 4) is 11.3 Å². The van der Waals surface area contributed by atoms with Crippen LogP contribution in [-0.4, -0.2) is 37.3 Å². The number of hydrogen-bond donors (Lipinski definition) is 2. The van der Waals surface area contributed by atoms with Crippen molar-refractivity contribution in [1.29, 1.82) is 0 Å². The van der Waals surface area contributed by atoms with Crippen LogP contribution in [0.25, 0.3) is 11.3 Å². The number of carbonyl (C=O) groups excluding carboxylic acids is 2. The number of benzene rings is 2. The minimum Gasteiger partial charge on any atom is -0.342 e. The van der Waals surface area contributed by atoms with Crippen molar-refractivity contribution in [3.05, 3.63) is 76.4 Å². The standard InChI is InChI=1S/C26H28N6O2S2/c1-5-32-23(18(4)27-24(34)20-8-6-7-17(3)13-20)30-31-26(32)36-15-22(33)29-25-28-21(14-35-25)19-11-9-16(2)10-12-19/h6-14,18H,5,15H2,1-4H3,(H,27,34)(H,28,29,33)/t18-/m1/s1. The predicted octanol–water partition coefficient (Wildman–Crippen LogP) is 5.26. The first-order chi connectivity index (χ1) is 17.3. The highest BCUT2D eigenvalue weighted by Gasteiger charge is 2.20. The van der Waals surface area contributed by atoms with E-state index in [0.29, 0.717) is 28.2 Å². The van der Waals surface area contributed by atoms with Crippen molar-refractivity contribution in [2.45, 2.75) is 45.4 Å². The average molecular weight is 521 g/mol. The highest BCUT2D eigenvalue weighted by Crippen LogP contribution is 2.26. The second-order valence-electron chi connectivity index (χ2n) is 8.39. The Morgan fingerprint density at radius 2 is 1.86 bits per heavy atom. The van der Waals surface area contributed by atoms with Gasteiger partial charge in [0.15, 0.2) is 16.1 Å². The molecule has 0 aliphatic heterocycles. The van der Waals surface area contributed by atoms with E-state index < -0.39 is 0 Å². The van der Waals surface area contributed by atoms with Gasteiger partial charge in [0, 0.05) is 23.1 Å². The minimum atomic E-state index is -0.343. The Kier molecular flexibility index (Phi) is 8.17. The maximum Gasteiger partial charge on any atom is 0.251 e. The number of carbonyl (C=O) groups is 2. The molecule has 10 heteroatoms. The Bertz CT molecular complexity index is 1360. The van der Waals surface area contributed by atoms with Crippen molar-refractivity contribution in [3.63, 3.8) is 0 Å². The van der Waals surface area contributed by atoms with Gasteiger partial charge in [-0.3, -0.25) is 9.59 Å². The van der Waals surface area contributed by atoms with E-state index in [1.807, 2.05) is 80.1 Å². The third-order valence-corrected chi connectivity index (χ3v) is 7.23. The van der Waals surface area contributed by atoms with Gasteiger partial charge in [-0.2, -0.15) is 0 Å². The van der Waals surface area contributed by atoms with E-state index in [0.717, 1.165) is 16.8 Å². The number of aromatic nitrogens is 4. The SMILES string of the molecule is CCn1c(SCC(=O)Nc2nc(-c3ccc(C)cc3)cs2)nnc1[C@@H](C)NC(=O)c1cccc(C)c1. The van der Waals surface area contributed by atoms with Gasteiger partial charge in [-0.15, -0.1) is 21.5 Å². The lowest BCUT2D eigenvalue weighted by Gasteiger charge is -2.15. The molecular formula is C26H28N6O2S2. The highest BCUT2D eigenvalue weighted by atomic mass is 32.2. The molecular weight excluding hydrogens is 492 g/mol. The van der Waals surface area contributed by atoms with Crippen molar-refractivity contribution in [2.75, 3.05) is 11.1 Å². The van der Waals surface area contributed by atoms with Gasteiger partial charge >= 0.3 is 0 Å². The number of hydrogen-bond acceptors (Lipinski definition) is 7. The summed E-state index contributed by atoms with van der Waals surface area (Å²) in [5, 5.41) is 17.5. The predicted molar refractivity (Wildman–Crippen MR) is 144 cm³/mol. The number of nitrogens with one attached hydrogen (secondary N) is 2. The molecule has 0 aliphatic carbocycles. The lowest BCUT2D eigenvalue weighted by molar-refractivity contribution is -0.113. The third kappa shape index (κ3) is 6.19. The van der Waals surface area contributed by atoms with Crippen molar-refractivity contribution < 1.29 is 9.59 Å². The number of thiazole rings is 1. The summed E-state index contributed by atoms with van der Waals surface area (Å²) in [6.07, 6.45) is 0. The molecule has 2 aromatic heterocycles. The normalized spacial score (nSPS) is 11.8. The van der Waals surface area contributed by atoms with Gasteiger partial charge in [0.05, 0.1) is 17.5 Å². The van der Waals surface area contributed by atoms with E-state index in [1.54, 1.807) is 6.07 Å². The molecule has 0 fully saturated rings. The monoisotopic (exact) mass is 520 g/mol. The van der Waals surface area contributed by atoms with Crippen molar-refractivity contribution in [2.24, 2.45) is 0 Å². The Hall–Kier alpha value is -3.50. The van der Waals surface area contributed by atoms with E-state index >= 15 is 0 Å². The summed E-state index contributed by atoms with van der Waals surface area (Å²) in [5.41, 5.74) is 4.65. The first-order valence-electron chi connectivity index (χ1n) is 11.6. The third-order valence-electron chi connectivity index (χ3n) is 5.51. The summed E-state index contributed by atoms with van der Waals surface area (Å²) in [5.74, 6) is 0.475. The molecule has 8 nitrogen and oxygen atoms in total. The fourth-order valence-electron chi connectivity index (χ4n) is 3.63. The Morgan fingerprint density at radius 1 is 1.08 bits per heavy atom. The van der Waals surface area contributed by atoms with Crippen LogP contribution in [0.2, 0.25) is 0 Å². The molecule has 4 rings (SSSR count). The van der Waals surface area contributed by atoms with Crippen LogP contribution in [0.1, 0.15) is 47.2 Å². The van der Waals surface area contributed by atoms with E-state index in [9.17, 15) is 9.59 Å². The molecule has 0 unspecified atom stereocenters. The Morgan fingerprint density at radius 3 is 2.58 bits per heavy atom. The smallest absolute Gasteiger partial charge is 0.251 e. The molecule has 1 atom stereocenters. The molecule has 0 spiro atoms. The second-order valence-corrected chi connectivity index (χ2v) is 10.2. The molecule has 2 N–H and O–H groups in total. The van der Waals surface area contributed by atoms with Gasteiger partial charge in [0.2, 0.25) is 5.91 Å².